The lowest BCUT2D eigenvalue weighted by Gasteiger charge is -2.26. The molecule has 0 aliphatic carbocycles. The fourth-order valence-corrected chi connectivity index (χ4v) is 4.12. The van der Waals surface area contributed by atoms with Crippen LogP contribution in [0.4, 0.5) is 10.5 Å². The summed E-state index contributed by atoms with van der Waals surface area (Å²) in [7, 11) is 0. The number of imide groups is 2. The summed E-state index contributed by atoms with van der Waals surface area (Å²) in [5.41, 5.74) is 2.25. The Hall–Kier alpha value is -3.88. The largest absolute Gasteiger partial charge is 0.478 e. The van der Waals surface area contributed by atoms with Gasteiger partial charge >= 0.3 is 12.0 Å². The van der Waals surface area contributed by atoms with Gasteiger partial charge in [-0.15, -0.1) is 0 Å². The summed E-state index contributed by atoms with van der Waals surface area (Å²) < 4.78 is 1.73. The van der Waals surface area contributed by atoms with E-state index >= 15 is 0 Å². The minimum Gasteiger partial charge on any atom is -0.478 e. The summed E-state index contributed by atoms with van der Waals surface area (Å²) in [4.78, 5) is 50.7. The van der Waals surface area contributed by atoms with Gasteiger partial charge in [-0.1, -0.05) is 35.3 Å². The van der Waals surface area contributed by atoms with Crippen molar-refractivity contribution < 1.29 is 24.3 Å². The maximum atomic E-state index is 13.2. The van der Waals surface area contributed by atoms with Crippen molar-refractivity contribution in [2.24, 2.45) is 0 Å². The zero-order valence-corrected chi connectivity index (χ0v) is 19.4. The number of barbiturate groups is 1. The van der Waals surface area contributed by atoms with Crippen LogP contribution in [0.2, 0.25) is 10.0 Å². The van der Waals surface area contributed by atoms with Gasteiger partial charge in [0.05, 0.1) is 27.0 Å². The third-order valence-corrected chi connectivity index (χ3v) is 6.15. The molecule has 2 heterocycles. The van der Waals surface area contributed by atoms with Gasteiger partial charge in [0.15, 0.2) is 0 Å². The molecule has 1 saturated heterocycles. The molecular formula is C24H17Cl2N3O5. The van der Waals surface area contributed by atoms with Gasteiger partial charge in [0.2, 0.25) is 0 Å². The molecule has 2 aromatic carbocycles. The van der Waals surface area contributed by atoms with Gasteiger partial charge < -0.3 is 9.67 Å². The van der Waals surface area contributed by atoms with E-state index in [1.54, 1.807) is 42.7 Å². The lowest BCUT2D eigenvalue weighted by molar-refractivity contribution is -0.122. The van der Waals surface area contributed by atoms with Crippen molar-refractivity contribution in [2.45, 2.75) is 13.8 Å². The molecule has 0 unspecified atom stereocenters. The summed E-state index contributed by atoms with van der Waals surface area (Å²) in [5, 5.41) is 12.1. The number of carboxylic acid groups (broad SMARTS) is 1. The molecule has 1 aliphatic rings. The highest BCUT2D eigenvalue weighted by atomic mass is 35.5. The van der Waals surface area contributed by atoms with Gasteiger partial charge in [-0.25, -0.2) is 14.5 Å². The van der Waals surface area contributed by atoms with Crippen LogP contribution < -0.4 is 10.2 Å². The van der Waals surface area contributed by atoms with E-state index in [1.807, 2.05) is 0 Å². The molecule has 0 spiro atoms. The van der Waals surface area contributed by atoms with Gasteiger partial charge in [-0.05, 0) is 61.9 Å². The quantitative estimate of drug-likeness (QED) is 0.398. The number of aryl methyl sites for hydroxylation is 1. The molecule has 1 aromatic heterocycles. The predicted octanol–water partition coefficient (Wildman–Crippen LogP) is 4.77. The van der Waals surface area contributed by atoms with Gasteiger partial charge in [-0.3, -0.25) is 14.9 Å². The lowest BCUT2D eigenvalue weighted by Crippen LogP contribution is -2.54. The monoisotopic (exact) mass is 497 g/mol. The number of hydrogen-bond acceptors (Lipinski definition) is 4. The zero-order chi connectivity index (χ0) is 24.7. The Morgan fingerprint density at radius 2 is 1.71 bits per heavy atom. The number of aromatic carboxylic acids is 1. The molecule has 172 valence electrons. The molecular weight excluding hydrogens is 481 g/mol. The van der Waals surface area contributed by atoms with E-state index < -0.39 is 23.8 Å². The molecule has 2 N–H and O–H groups in total. The number of rotatable bonds is 4. The number of halogens is 2. The highest BCUT2D eigenvalue weighted by Crippen LogP contribution is 2.30. The predicted molar refractivity (Wildman–Crippen MR) is 128 cm³/mol. The van der Waals surface area contributed by atoms with Gasteiger partial charge in [0.1, 0.15) is 5.57 Å². The topological polar surface area (TPSA) is 109 Å². The fourth-order valence-electron chi connectivity index (χ4n) is 3.83. The second-order valence-electron chi connectivity index (χ2n) is 7.54. The first-order chi connectivity index (χ1) is 16.1. The fraction of sp³-hybridized carbons (Fsp3) is 0.0833. The number of hydrogen-bond donors (Lipinski definition) is 2. The molecule has 34 heavy (non-hydrogen) atoms. The number of amides is 4. The van der Waals surface area contributed by atoms with E-state index in [-0.39, 0.29) is 26.9 Å². The van der Waals surface area contributed by atoms with Crippen molar-refractivity contribution in [3.05, 3.63) is 86.7 Å². The van der Waals surface area contributed by atoms with E-state index in [0.717, 1.165) is 4.90 Å². The Labute approximate surface area is 204 Å². The summed E-state index contributed by atoms with van der Waals surface area (Å²) >= 11 is 12.0. The standard InChI is InChI=1S/C24H17Cl2N3O5/c1-12-9-14(13(2)28(12)20-6-4-3-5-16(20)23(32)33)10-17-21(30)27-24(34)29(22(17)31)15-7-8-18(25)19(26)11-15/h3-11H,1-2H3,(H,32,33)(H,27,30,34)/b17-10+. The minimum atomic E-state index is -1.08. The maximum absolute atomic E-state index is 13.2. The van der Waals surface area contributed by atoms with Crippen LogP contribution in [-0.4, -0.2) is 33.5 Å². The molecule has 8 nitrogen and oxygen atoms in total. The van der Waals surface area contributed by atoms with Crippen LogP contribution in [0.15, 0.2) is 54.1 Å². The maximum Gasteiger partial charge on any atom is 0.337 e. The summed E-state index contributed by atoms with van der Waals surface area (Å²) in [6.45, 7) is 3.52. The number of nitrogens with one attached hydrogen (secondary N) is 1. The number of urea groups is 1. The molecule has 0 atom stereocenters. The summed E-state index contributed by atoms with van der Waals surface area (Å²) in [5.74, 6) is -2.76. The number of carbonyl (C=O) groups excluding carboxylic acids is 3. The van der Waals surface area contributed by atoms with E-state index in [1.165, 1.54) is 30.3 Å². The van der Waals surface area contributed by atoms with E-state index in [9.17, 15) is 24.3 Å². The van der Waals surface area contributed by atoms with Crippen molar-refractivity contribution in [1.29, 1.82) is 0 Å². The third kappa shape index (κ3) is 3.98. The first-order valence-corrected chi connectivity index (χ1v) is 10.7. The molecule has 4 amide bonds. The van der Waals surface area contributed by atoms with Crippen LogP contribution in [-0.2, 0) is 9.59 Å². The number of nitrogens with zero attached hydrogens (tertiary/aromatic N) is 2. The number of benzene rings is 2. The molecule has 3 aromatic rings. The van der Waals surface area contributed by atoms with Gasteiger partial charge in [-0.2, -0.15) is 0 Å². The van der Waals surface area contributed by atoms with Crippen molar-refractivity contribution in [3.63, 3.8) is 0 Å². The second kappa shape index (κ2) is 8.81. The highest BCUT2D eigenvalue weighted by Gasteiger charge is 2.37. The molecule has 4 rings (SSSR count). The number of anilines is 1. The first-order valence-electron chi connectivity index (χ1n) is 9.98. The van der Waals surface area contributed by atoms with E-state index in [0.29, 0.717) is 22.6 Å². The Bertz CT molecular complexity index is 1420. The van der Waals surface area contributed by atoms with Crippen molar-refractivity contribution in [2.75, 3.05) is 4.90 Å². The van der Waals surface area contributed by atoms with Gasteiger partial charge in [0.25, 0.3) is 11.8 Å². The van der Waals surface area contributed by atoms with Crippen LogP contribution in [0.25, 0.3) is 11.8 Å². The SMILES string of the molecule is Cc1cc(/C=C2\C(=O)NC(=O)N(c3ccc(Cl)c(Cl)c3)C2=O)c(C)n1-c1ccccc1C(=O)O. The van der Waals surface area contributed by atoms with Crippen LogP contribution in [0.3, 0.4) is 0 Å². The van der Waals surface area contributed by atoms with Crippen LogP contribution in [0.1, 0.15) is 27.3 Å². The molecule has 10 heteroatoms. The molecule has 0 saturated carbocycles. The zero-order valence-electron chi connectivity index (χ0n) is 17.9. The average molecular weight is 498 g/mol. The third-order valence-electron chi connectivity index (χ3n) is 5.41. The van der Waals surface area contributed by atoms with Crippen molar-refractivity contribution in [3.8, 4) is 5.69 Å². The van der Waals surface area contributed by atoms with Crippen LogP contribution in [0, 0.1) is 13.8 Å². The smallest absolute Gasteiger partial charge is 0.337 e. The van der Waals surface area contributed by atoms with Crippen molar-refractivity contribution >= 4 is 58.8 Å². The highest BCUT2D eigenvalue weighted by molar-refractivity contribution is 6.43. The Balaban J connectivity index is 1.80. The molecule has 0 bridgehead atoms. The number of carboxylic acids is 1. The van der Waals surface area contributed by atoms with Gasteiger partial charge in [0, 0.05) is 11.4 Å². The summed E-state index contributed by atoms with van der Waals surface area (Å²) in [6, 6.07) is 11.6. The van der Waals surface area contributed by atoms with Crippen LogP contribution >= 0.6 is 23.2 Å². The summed E-state index contributed by atoms with van der Waals surface area (Å²) in [6.07, 6.45) is 1.37. The average Bonchev–Trinajstić information content (AvgIpc) is 3.06. The number of aromatic nitrogens is 1. The first kappa shape index (κ1) is 23.3. The number of carbonyl (C=O) groups is 4. The molecule has 0 radical (unpaired) electrons. The van der Waals surface area contributed by atoms with E-state index in [2.05, 4.69) is 5.32 Å². The lowest BCUT2D eigenvalue weighted by atomic mass is 10.1. The van der Waals surface area contributed by atoms with E-state index in [4.69, 9.17) is 23.2 Å². The molecule has 1 fully saturated rings. The van der Waals surface area contributed by atoms with Crippen LogP contribution in [0.5, 0.6) is 0 Å². The number of para-hydroxylation sites is 1. The van der Waals surface area contributed by atoms with Crippen molar-refractivity contribution in [1.82, 2.24) is 9.88 Å². The Kier molecular flexibility index (Phi) is 6.03. The Morgan fingerprint density at radius 3 is 2.38 bits per heavy atom. The minimum absolute atomic E-state index is 0.103. The normalized spacial score (nSPS) is 15.1. The Morgan fingerprint density at radius 1 is 1.00 bits per heavy atom. The molecule has 1 aliphatic heterocycles. The second-order valence-corrected chi connectivity index (χ2v) is 8.35.